The molecule has 0 aliphatic carbocycles. The van der Waals surface area contributed by atoms with Crippen molar-refractivity contribution in [2.45, 2.75) is 65.1 Å². The summed E-state index contributed by atoms with van der Waals surface area (Å²) in [4.78, 5) is 28.4. The van der Waals surface area contributed by atoms with Crippen LogP contribution in [-0.4, -0.2) is 74.1 Å². The van der Waals surface area contributed by atoms with Crippen LogP contribution in [0.5, 0.6) is 0 Å². The minimum absolute atomic E-state index is 0.000311. The van der Waals surface area contributed by atoms with Gasteiger partial charge in [-0.25, -0.2) is 0 Å². The molecule has 0 saturated heterocycles. The summed E-state index contributed by atoms with van der Waals surface area (Å²) in [5, 5.41) is 2.76. The average Bonchev–Trinajstić information content (AvgIpc) is 2.55. The molecule has 0 aromatic carbocycles. The molecule has 2 amide bonds. The molecule has 0 fully saturated rings. The Labute approximate surface area is 147 Å². The van der Waals surface area contributed by atoms with Crippen LogP contribution in [0.2, 0.25) is 0 Å². The molecule has 0 aliphatic heterocycles. The van der Waals surface area contributed by atoms with E-state index in [1.807, 2.05) is 32.8 Å². The van der Waals surface area contributed by atoms with Gasteiger partial charge in [0.2, 0.25) is 11.8 Å². The van der Waals surface area contributed by atoms with Crippen molar-refractivity contribution in [2.24, 2.45) is 5.92 Å². The third-order valence-electron chi connectivity index (χ3n) is 5.23. The molecular weight excluding hydrogens is 306 g/mol. The summed E-state index contributed by atoms with van der Waals surface area (Å²) < 4.78 is 5.58. The number of ether oxygens (including phenoxy) is 1. The fourth-order valence-electron chi connectivity index (χ4n) is 2.65. The van der Waals surface area contributed by atoms with E-state index in [-0.39, 0.29) is 30.5 Å². The number of hydrogen-bond donors (Lipinski definition) is 1. The van der Waals surface area contributed by atoms with E-state index in [1.165, 1.54) is 0 Å². The lowest BCUT2D eigenvalue weighted by Gasteiger charge is -2.38. The van der Waals surface area contributed by atoms with E-state index in [9.17, 15) is 9.59 Å². The number of nitrogens with zero attached hydrogens (tertiary/aromatic N) is 2. The van der Waals surface area contributed by atoms with E-state index in [0.717, 1.165) is 12.8 Å². The molecule has 0 saturated carbocycles. The second kappa shape index (κ2) is 9.99. The summed E-state index contributed by atoms with van der Waals surface area (Å²) in [6, 6.07) is -0.00346. The lowest BCUT2D eigenvalue weighted by Crippen LogP contribution is -2.55. The molecule has 0 heterocycles. The molecule has 0 bridgehead atoms. The van der Waals surface area contributed by atoms with Gasteiger partial charge in [0.15, 0.2) is 0 Å². The quantitative estimate of drug-likeness (QED) is 0.656. The Bertz CT molecular complexity index is 406. The van der Waals surface area contributed by atoms with Gasteiger partial charge in [-0.3, -0.25) is 14.5 Å². The van der Waals surface area contributed by atoms with Gasteiger partial charge in [-0.05, 0) is 40.3 Å². The zero-order chi connectivity index (χ0) is 19.1. The number of rotatable bonds is 10. The zero-order valence-corrected chi connectivity index (χ0v) is 17.0. The highest BCUT2D eigenvalue weighted by Crippen LogP contribution is 2.21. The Morgan fingerprint density at radius 3 is 2.04 bits per heavy atom. The number of nitrogens with one attached hydrogen (secondary N) is 1. The lowest BCUT2D eigenvalue weighted by atomic mass is 9.91. The third-order valence-corrected chi connectivity index (χ3v) is 5.23. The number of amides is 2. The highest BCUT2D eigenvalue weighted by molar-refractivity contribution is 5.89. The van der Waals surface area contributed by atoms with Gasteiger partial charge in [0.05, 0.1) is 24.2 Å². The first-order valence-corrected chi connectivity index (χ1v) is 8.78. The number of carbonyl (C=O) groups excluding carboxylic acids is 2. The van der Waals surface area contributed by atoms with Crippen LogP contribution in [-0.2, 0) is 14.3 Å². The van der Waals surface area contributed by atoms with E-state index < -0.39 is 5.54 Å². The second-order valence-corrected chi connectivity index (χ2v) is 7.20. The number of hydrogen-bond acceptors (Lipinski definition) is 4. The Kier molecular flexibility index (Phi) is 9.51. The van der Waals surface area contributed by atoms with Crippen molar-refractivity contribution in [2.75, 3.05) is 34.8 Å². The zero-order valence-electron chi connectivity index (χ0n) is 17.0. The normalized spacial score (nSPS) is 15.8. The Hall–Kier alpha value is -1.14. The first-order chi connectivity index (χ1) is 11.0. The molecule has 24 heavy (non-hydrogen) atoms. The molecule has 142 valence electrons. The number of methoxy groups -OCH3 is 1. The molecule has 6 nitrogen and oxygen atoms in total. The van der Waals surface area contributed by atoms with Gasteiger partial charge in [0.25, 0.3) is 0 Å². The second-order valence-electron chi connectivity index (χ2n) is 7.20. The van der Waals surface area contributed by atoms with E-state index in [2.05, 4.69) is 26.1 Å². The van der Waals surface area contributed by atoms with Crippen molar-refractivity contribution < 1.29 is 14.3 Å². The first kappa shape index (κ1) is 22.9. The van der Waals surface area contributed by atoms with Crippen molar-refractivity contribution in [3.63, 3.8) is 0 Å². The Morgan fingerprint density at radius 1 is 1.12 bits per heavy atom. The highest BCUT2D eigenvalue weighted by Gasteiger charge is 2.33. The minimum atomic E-state index is -0.659. The van der Waals surface area contributed by atoms with Crippen LogP contribution in [0, 0.1) is 5.92 Å². The van der Waals surface area contributed by atoms with Crippen LogP contribution >= 0.6 is 0 Å². The third kappa shape index (κ3) is 5.74. The summed E-state index contributed by atoms with van der Waals surface area (Å²) in [7, 11) is 7.17. The minimum Gasteiger partial charge on any atom is -0.379 e. The van der Waals surface area contributed by atoms with Crippen LogP contribution in [0.4, 0.5) is 0 Å². The van der Waals surface area contributed by atoms with Gasteiger partial charge in [0.1, 0.15) is 0 Å². The van der Waals surface area contributed by atoms with E-state index >= 15 is 0 Å². The molecular formula is C18H37N3O3. The van der Waals surface area contributed by atoms with E-state index in [0.29, 0.717) is 5.92 Å². The molecule has 0 rings (SSSR count). The maximum Gasteiger partial charge on any atom is 0.242 e. The molecule has 0 aromatic rings. The predicted octanol–water partition coefficient (Wildman–Crippen LogP) is 1.74. The van der Waals surface area contributed by atoms with Crippen LogP contribution in [0.1, 0.15) is 47.5 Å². The molecule has 3 atom stereocenters. The molecule has 0 radical (unpaired) electrons. The molecule has 6 heteroatoms. The summed E-state index contributed by atoms with van der Waals surface area (Å²) in [6.07, 6.45) is 1.79. The first-order valence-electron chi connectivity index (χ1n) is 8.78. The fourth-order valence-corrected chi connectivity index (χ4v) is 2.65. The smallest absolute Gasteiger partial charge is 0.242 e. The Balaban J connectivity index is 4.97. The maximum absolute atomic E-state index is 12.6. The van der Waals surface area contributed by atoms with Gasteiger partial charge >= 0.3 is 0 Å². The van der Waals surface area contributed by atoms with Crippen molar-refractivity contribution in [3.8, 4) is 0 Å². The molecule has 0 aliphatic rings. The topological polar surface area (TPSA) is 61.9 Å². The van der Waals surface area contributed by atoms with Crippen LogP contribution in [0.25, 0.3) is 0 Å². The summed E-state index contributed by atoms with van der Waals surface area (Å²) in [5.74, 6) is 0.0598. The molecule has 3 unspecified atom stereocenters. The fraction of sp³-hybridized carbons (Fsp3) is 0.889. The number of likely N-dealkylation sites (N-methyl/N-ethyl adjacent to an activating group) is 2. The van der Waals surface area contributed by atoms with E-state index in [4.69, 9.17) is 4.74 Å². The van der Waals surface area contributed by atoms with Crippen LogP contribution < -0.4 is 5.32 Å². The molecule has 0 aromatic heterocycles. The molecule has 1 N–H and O–H groups in total. The lowest BCUT2D eigenvalue weighted by molar-refractivity contribution is -0.139. The van der Waals surface area contributed by atoms with Crippen molar-refractivity contribution in [1.82, 2.24) is 15.1 Å². The van der Waals surface area contributed by atoms with Gasteiger partial charge in [-0.2, -0.15) is 0 Å². The summed E-state index contributed by atoms with van der Waals surface area (Å²) in [5.41, 5.74) is -0.659. The van der Waals surface area contributed by atoms with Gasteiger partial charge < -0.3 is 15.0 Å². The SMILES string of the molecule is CCC(C)C(C(CC)OC)N(C)C(=O)CNC(=O)C(C)(C)N(C)C. The van der Waals surface area contributed by atoms with Crippen molar-refractivity contribution >= 4 is 11.8 Å². The number of carbonyl (C=O) groups is 2. The summed E-state index contributed by atoms with van der Waals surface area (Å²) in [6.45, 7) is 9.96. The van der Waals surface area contributed by atoms with Crippen LogP contribution in [0.15, 0.2) is 0 Å². The van der Waals surface area contributed by atoms with Crippen LogP contribution in [0.3, 0.4) is 0 Å². The predicted molar refractivity (Wildman–Crippen MR) is 97.9 cm³/mol. The summed E-state index contributed by atoms with van der Waals surface area (Å²) >= 11 is 0. The van der Waals surface area contributed by atoms with E-state index in [1.54, 1.807) is 19.1 Å². The Morgan fingerprint density at radius 2 is 1.67 bits per heavy atom. The maximum atomic E-state index is 12.6. The monoisotopic (exact) mass is 343 g/mol. The highest BCUT2D eigenvalue weighted by atomic mass is 16.5. The van der Waals surface area contributed by atoms with Gasteiger partial charge in [0, 0.05) is 14.2 Å². The molecule has 0 spiro atoms. The van der Waals surface area contributed by atoms with Gasteiger partial charge in [-0.15, -0.1) is 0 Å². The van der Waals surface area contributed by atoms with Crippen molar-refractivity contribution in [1.29, 1.82) is 0 Å². The largest absolute Gasteiger partial charge is 0.379 e. The van der Waals surface area contributed by atoms with Crippen molar-refractivity contribution in [3.05, 3.63) is 0 Å². The van der Waals surface area contributed by atoms with Gasteiger partial charge in [-0.1, -0.05) is 27.2 Å². The average molecular weight is 344 g/mol. The standard InChI is InChI=1S/C18H37N3O3/c1-10-13(3)16(14(11-2)24-9)21(8)15(22)12-19-17(23)18(4,5)20(6)7/h13-14,16H,10-12H2,1-9H3,(H,19,23).